The lowest BCUT2D eigenvalue weighted by Crippen LogP contribution is -2.23. The molecule has 1 aromatic heterocycles. The summed E-state index contributed by atoms with van der Waals surface area (Å²) in [5, 5.41) is 4.72. The van der Waals surface area contributed by atoms with Crippen LogP contribution in [0.15, 0.2) is 34.7 Å². The van der Waals surface area contributed by atoms with Gasteiger partial charge in [0, 0.05) is 6.42 Å². The zero-order valence-electron chi connectivity index (χ0n) is 12.5. The van der Waals surface area contributed by atoms with Crippen LogP contribution >= 0.6 is 23.2 Å². The van der Waals surface area contributed by atoms with Crippen molar-refractivity contribution >= 4 is 23.2 Å². The summed E-state index contributed by atoms with van der Waals surface area (Å²) in [4.78, 5) is 0. The van der Waals surface area contributed by atoms with Crippen LogP contribution < -0.4 is 5.32 Å². The standard InChI is InChI=1S/C17H21Cl2NO/c1-3-9-20-16(17-8-6-13(4-2)21-17)11-12-5-7-14(18)15(19)10-12/h5-8,10,16,20H,3-4,9,11H2,1-2H3. The smallest absolute Gasteiger partial charge is 0.121 e. The number of aryl methyl sites for hydroxylation is 1. The minimum Gasteiger partial charge on any atom is -0.464 e. The van der Waals surface area contributed by atoms with Crippen molar-refractivity contribution in [2.24, 2.45) is 0 Å². The molecule has 1 aromatic carbocycles. The van der Waals surface area contributed by atoms with Crippen LogP contribution in [0, 0.1) is 0 Å². The van der Waals surface area contributed by atoms with Gasteiger partial charge >= 0.3 is 0 Å². The van der Waals surface area contributed by atoms with E-state index in [1.807, 2.05) is 24.3 Å². The third kappa shape index (κ3) is 4.50. The Hall–Kier alpha value is -0.960. The van der Waals surface area contributed by atoms with E-state index in [0.29, 0.717) is 10.0 Å². The summed E-state index contributed by atoms with van der Waals surface area (Å²) in [6, 6.07) is 10.0. The molecule has 0 spiro atoms. The molecule has 1 heterocycles. The number of benzene rings is 1. The van der Waals surface area contributed by atoms with Crippen LogP contribution in [0.5, 0.6) is 0 Å². The number of rotatable bonds is 7. The Bertz CT molecular complexity index is 580. The summed E-state index contributed by atoms with van der Waals surface area (Å²) in [6.07, 6.45) is 2.82. The molecule has 1 atom stereocenters. The van der Waals surface area contributed by atoms with Gasteiger partial charge in [0.1, 0.15) is 11.5 Å². The molecule has 0 radical (unpaired) electrons. The molecule has 114 valence electrons. The monoisotopic (exact) mass is 325 g/mol. The molecule has 0 amide bonds. The maximum absolute atomic E-state index is 6.10. The first-order chi connectivity index (χ1) is 10.1. The van der Waals surface area contributed by atoms with Gasteiger partial charge in [-0.25, -0.2) is 0 Å². The van der Waals surface area contributed by atoms with E-state index in [0.717, 1.165) is 42.9 Å². The van der Waals surface area contributed by atoms with E-state index in [-0.39, 0.29) is 6.04 Å². The molecule has 0 aliphatic carbocycles. The third-order valence-electron chi connectivity index (χ3n) is 3.44. The van der Waals surface area contributed by atoms with Crippen molar-refractivity contribution in [2.45, 2.75) is 39.2 Å². The van der Waals surface area contributed by atoms with E-state index in [9.17, 15) is 0 Å². The van der Waals surface area contributed by atoms with E-state index in [1.54, 1.807) is 0 Å². The number of nitrogens with one attached hydrogen (secondary N) is 1. The third-order valence-corrected chi connectivity index (χ3v) is 4.18. The van der Waals surface area contributed by atoms with Gasteiger partial charge in [0.2, 0.25) is 0 Å². The largest absolute Gasteiger partial charge is 0.464 e. The number of furan rings is 1. The van der Waals surface area contributed by atoms with E-state index < -0.39 is 0 Å². The van der Waals surface area contributed by atoms with Crippen molar-refractivity contribution < 1.29 is 4.42 Å². The maximum Gasteiger partial charge on any atom is 0.121 e. The van der Waals surface area contributed by atoms with E-state index in [2.05, 4.69) is 25.2 Å². The van der Waals surface area contributed by atoms with Crippen LogP contribution in [0.3, 0.4) is 0 Å². The molecule has 0 bridgehead atoms. The van der Waals surface area contributed by atoms with Gasteiger partial charge in [-0.2, -0.15) is 0 Å². The normalized spacial score (nSPS) is 12.6. The van der Waals surface area contributed by atoms with Gasteiger partial charge in [0.15, 0.2) is 0 Å². The molecule has 0 saturated carbocycles. The molecule has 2 rings (SSSR count). The molecular formula is C17H21Cl2NO. The molecule has 2 aromatic rings. The van der Waals surface area contributed by atoms with Crippen LogP contribution in [-0.2, 0) is 12.8 Å². The molecule has 4 heteroatoms. The molecule has 1 unspecified atom stereocenters. The Morgan fingerprint density at radius 3 is 2.52 bits per heavy atom. The van der Waals surface area contributed by atoms with Gasteiger partial charge in [0.05, 0.1) is 16.1 Å². The maximum atomic E-state index is 6.10. The average Bonchev–Trinajstić information content (AvgIpc) is 2.96. The Balaban J connectivity index is 2.17. The van der Waals surface area contributed by atoms with Gasteiger partial charge < -0.3 is 9.73 Å². The lowest BCUT2D eigenvalue weighted by atomic mass is 10.0. The van der Waals surface area contributed by atoms with Crippen LogP contribution in [-0.4, -0.2) is 6.54 Å². The van der Waals surface area contributed by atoms with Gasteiger partial charge in [-0.15, -0.1) is 0 Å². The summed E-state index contributed by atoms with van der Waals surface area (Å²) in [7, 11) is 0. The fraction of sp³-hybridized carbons (Fsp3) is 0.412. The number of hydrogen-bond acceptors (Lipinski definition) is 2. The van der Waals surface area contributed by atoms with Crippen molar-refractivity contribution in [1.29, 1.82) is 0 Å². The minimum atomic E-state index is 0.155. The fourth-order valence-electron chi connectivity index (χ4n) is 2.27. The summed E-state index contributed by atoms with van der Waals surface area (Å²) >= 11 is 12.1. The van der Waals surface area contributed by atoms with Crippen molar-refractivity contribution in [3.8, 4) is 0 Å². The second-order valence-electron chi connectivity index (χ2n) is 5.12. The van der Waals surface area contributed by atoms with Gasteiger partial charge in [0.25, 0.3) is 0 Å². The first-order valence-corrected chi connectivity index (χ1v) is 8.15. The van der Waals surface area contributed by atoms with E-state index >= 15 is 0 Å². The van der Waals surface area contributed by atoms with Crippen LogP contribution in [0.25, 0.3) is 0 Å². The quantitative estimate of drug-likeness (QED) is 0.734. The molecule has 1 N–H and O–H groups in total. The van der Waals surface area contributed by atoms with Crippen LogP contribution in [0.1, 0.15) is 43.4 Å². The van der Waals surface area contributed by atoms with Crippen molar-refractivity contribution in [3.05, 3.63) is 57.5 Å². The Morgan fingerprint density at radius 2 is 1.90 bits per heavy atom. The number of halogens is 2. The van der Waals surface area contributed by atoms with Crippen molar-refractivity contribution in [3.63, 3.8) is 0 Å². The summed E-state index contributed by atoms with van der Waals surface area (Å²) < 4.78 is 5.90. The lowest BCUT2D eigenvalue weighted by Gasteiger charge is -2.17. The minimum absolute atomic E-state index is 0.155. The zero-order valence-corrected chi connectivity index (χ0v) is 14.0. The Morgan fingerprint density at radius 1 is 1.10 bits per heavy atom. The predicted octanol–water partition coefficient (Wildman–Crippen LogP) is 5.43. The SMILES string of the molecule is CCCNC(Cc1ccc(Cl)c(Cl)c1)c1ccc(CC)o1. The van der Waals surface area contributed by atoms with Crippen LogP contribution in [0.2, 0.25) is 10.0 Å². The highest BCUT2D eigenvalue weighted by Gasteiger charge is 2.16. The molecule has 0 saturated heterocycles. The number of hydrogen-bond donors (Lipinski definition) is 1. The van der Waals surface area contributed by atoms with E-state index in [1.165, 1.54) is 0 Å². The highest BCUT2D eigenvalue weighted by molar-refractivity contribution is 6.42. The summed E-state index contributed by atoms with van der Waals surface area (Å²) in [5.74, 6) is 1.99. The van der Waals surface area contributed by atoms with E-state index in [4.69, 9.17) is 27.6 Å². The zero-order chi connectivity index (χ0) is 15.2. The highest BCUT2D eigenvalue weighted by atomic mass is 35.5. The molecule has 21 heavy (non-hydrogen) atoms. The second-order valence-corrected chi connectivity index (χ2v) is 5.93. The Kier molecular flexibility index (Phi) is 6.16. The first-order valence-electron chi connectivity index (χ1n) is 7.40. The molecule has 0 aliphatic heterocycles. The second kappa shape index (κ2) is 7.88. The van der Waals surface area contributed by atoms with Gasteiger partial charge in [-0.1, -0.05) is 43.1 Å². The topological polar surface area (TPSA) is 25.2 Å². The fourth-order valence-corrected chi connectivity index (χ4v) is 2.59. The van der Waals surface area contributed by atoms with Gasteiger partial charge in [-0.05, 0) is 49.2 Å². The average molecular weight is 326 g/mol. The molecule has 0 aliphatic rings. The van der Waals surface area contributed by atoms with Crippen LogP contribution in [0.4, 0.5) is 0 Å². The van der Waals surface area contributed by atoms with Gasteiger partial charge in [-0.3, -0.25) is 0 Å². The first kappa shape index (κ1) is 16.4. The highest BCUT2D eigenvalue weighted by Crippen LogP contribution is 2.26. The Labute approximate surface area is 136 Å². The summed E-state index contributed by atoms with van der Waals surface area (Å²) in [5.41, 5.74) is 1.15. The summed E-state index contributed by atoms with van der Waals surface area (Å²) in [6.45, 7) is 5.20. The lowest BCUT2D eigenvalue weighted by molar-refractivity contribution is 0.392. The molecule has 0 fully saturated rings. The molecular weight excluding hydrogens is 305 g/mol. The predicted molar refractivity (Wildman–Crippen MR) is 89.3 cm³/mol. The van der Waals surface area contributed by atoms with Crippen molar-refractivity contribution in [2.75, 3.05) is 6.54 Å². The van der Waals surface area contributed by atoms with Crippen molar-refractivity contribution in [1.82, 2.24) is 5.32 Å². The molecule has 2 nitrogen and oxygen atoms in total.